The lowest BCUT2D eigenvalue weighted by molar-refractivity contribution is 0.0856. The summed E-state index contributed by atoms with van der Waals surface area (Å²) in [5, 5.41) is 9.02. The van der Waals surface area contributed by atoms with E-state index < -0.39 is 0 Å². The zero-order valence-corrected chi connectivity index (χ0v) is 9.63. The van der Waals surface area contributed by atoms with Crippen LogP contribution in [0.2, 0.25) is 5.02 Å². The minimum absolute atomic E-state index is 0.549. The lowest BCUT2D eigenvalue weighted by Gasteiger charge is -2.23. The van der Waals surface area contributed by atoms with Crippen LogP contribution in [0.5, 0.6) is 0 Å². The van der Waals surface area contributed by atoms with Crippen molar-refractivity contribution >= 4 is 22.5 Å². The molecule has 1 aromatic carbocycles. The van der Waals surface area contributed by atoms with Crippen LogP contribution in [0.4, 0.5) is 0 Å². The summed E-state index contributed by atoms with van der Waals surface area (Å²) in [7, 11) is 0. The third-order valence-corrected chi connectivity index (χ3v) is 3.43. The Morgan fingerprint density at radius 1 is 1.31 bits per heavy atom. The highest BCUT2D eigenvalue weighted by Crippen LogP contribution is 2.33. The summed E-state index contributed by atoms with van der Waals surface area (Å²) in [5.41, 5.74) is 2.33. The fourth-order valence-electron chi connectivity index (χ4n) is 2.39. The van der Waals surface area contributed by atoms with E-state index in [1.54, 1.807) is 0 Å². The number of halogens is 1. The van der Waals surface area contributed by atoms with Gasteiger partial charge in [-0.05, 0) is 36.5 Å². The number of ether oxygens (including phenoxy) is 1. The number of aromatic amines is 1. The smallest absolute Gasteiger partial charge is 0.0668 e. The highest BCUT2D eigenvalue weighted by molar-refractivity contribution is 6.31. The maximum Gasteiger partial charge on any atom is 0.0668 e. The Kier molecular flexibility index (Phi) is 2.58. The number of hydrogen-bond donors (Lipinski definition) is 1. The SMILES string of the molecule is Clc1cc(C2CCOCC2)c2cn[nH]c2c1. The molecule has 0 amide bonds. The van der Waals surface area contributed by atoms with Crippen LogP contribution < -0.4 is 0 Å². The lowest BCUT2D eigenvalue weighted by Crippen LogP contribution is -2.14. The van der Waals surface area contributed by atoms with Gasteiger partial charge in [-0.2, -0.15) is 5.10 Å². The zero-order valence-electron chi connectivity index (χ0n) is 8.87. The molecule has 3 nitrogen and oxygen atoms in total. The van der Waals surface area contributed by atoms with E-state index in [0.29, 0.717) is 5.92 Å². The number of aromatic nitrogens is 2. The molecule has 1 aliphatic rings. The van der Waals surface area contributed by atoms with Gasteiger partial charge in [-0.1, -0.05) is 11.6 Å². The first-order valence-electron chi connectivity index (χ1n) is 5.55. The minimum Gasteiger partial charge on any atom is -0.381 e. The Hall–Kier alpha value is -1.06. The van der Waals surface area contributed by atoms with E-state index in [4.69, 9.17) is 16.3 Å². The van der Waals surface area contributed by atoms with E-state index in [2.05, 4.69) is 16.3 Å². The molecule has 1 aromatic heterocycles. The molecule has 1 N–H and O–H groups in total. The molecule has 3 rings (SSSR count). The Morgan fingerprint density at radius 3 is 2.94 bits per heavy atom. The molecule has 0 spiro atoms. The number of hydrogen-bond acceptors (Lipinski definition) is 2. The van der Waals surface area contributed by atoms with Gasteiger partial charge in [-0.25, -0.2) is 0 Å². The van der Waals surface area contributed by atoms with Gasteiger partial charge in [-0.3, -0.25) is 5.10 Å². The average molecular weight is 237 g/mol. The van der Waals surface area contributed by atoms with Crippen molar-refractivity contribution in [2.45, 2.75) is 18.8 Å². The molecule has 84 valence electrons. The van der Waals surface area contributed by atoms with E-state index in [1.807, 2.05) is 12.3 Å². The van der Waals surface area contributed by atoms with E-state index in [9.17, 15) is 0 Å². The fourth-order valence-corrected chi connectivity index (χ4v) is 2.62. The van der Waals surface area contributed by atoms with Gasteiger partial charge >= 0.3 is 0 Å². The first kappa shape index (κ1) is 10.1. The van der Waals surface area contributed by atoms with Crippen molar-refractivity contribution in [3.05, 3.63) is 28.9 Å². The molecule has 1 aliphatic heterocycles. The number of benzene rings is 1. The van der Waals surface area contributed by atoms with Crippen molar-refractivity contribution in [3.63, 3.8) is 0 Å². The van der Waals surface area contributed by atoms with Crippen LogP contribution in [0.3, 0.4) is 0 Å². The molecular formula is C12H13ClN2O. The molecule has 0 bridgehead atoms. The second kappa shape index (κ2) is 4.07. The van der Waals surface area contributed by atoms with Crippen LogP contribution in [0.25, 0.3) is 10.9 Å². The van der Waals surface area contributed by atoms with Crippen LogP contribution in [0.15, 0.2) is 18.3 Å². The van der Waals surface area contributed by atoms with Gasteiger partial charge in [0, 0.05) is 23.6 Å². The third-order valence-electron chi connectivity index (χ3n) is 3.22. The van der Waals surface area contributed by atoms with Crippen molar-refractivity contribution in [1.82, 2.24) is 10.2 Å². The van der Waals surface area contributed by atoms with Crippen LogP contribution in [-0.2, 0) is 4.74 Å². The van der Waals surface area contributed by atoms with E-state index in [0.717, 1.165) is 36.6 Å². The summed E-state index contributed by atoms with van der Waals surface area (Å²) in [6.07, 6.45) is 4.03. The van der Waals surface area contributed by atoms with Crippen LogP contribution in [-0.4, -0.2) is 23.4 Å². The van der Waals surface area contributed by atoms with Crippen molar-refractivity contribution in [2.75, 3.05) is 13.2 Å². The topological polar surface area (TPSA) is 37.9 Å². The molecule has 0 aliphatic carbocycles. The Bertz CT molecular complexity index is 503. The standard InChI is InChI=1S/C12H13ClN2O/c13-9-5-10(8-1-3-16-4-2-8)11-7-14-15-12(11)6-9/h5-8H,1-4H2,(H,14,15). The van der Waals surface area contributed by atoms with Crippen LogP contribution >= 0.6 is 11.6 Å². The average Bonchev–Trinajstić information content (AvgIpc) is 2.77. The van der Waals surface area contributed by atoms with E-state index in [-0.39, 0.29) is 0 Å². The lowest BCUT2D eigenvalue weighted by atomic mass is 9.90. The maximum atomic E-state index is 6.12. The zero-order chi connectivity index (χ0) is 11.0. The van der Waals surface area contributed by atoms with Crippen LogP contribution in [0, 0.1) is 0 Å². The van der Waals surface area contributed by atoms with Crippen molar-refractivity contribution in [2.24, 2.45) is 0 Å². The second-order valence-corrected chi connectivity index (χ2v) is 4.65. The van der Waals surface area contributed by atoms with Crippen LogP contribution in [0.1, 0.15) is 24.3 Å². The predicted molar refractivity (Wildman–Crippen MR) is 63.9 cm³/mol. The second-order valence-electron chi connectivity index (χ2n) is 4.21. The number of rotatable bonds is 1. The molecule has 16 heavy (non-hydrogen) atoms. The summed E-state index contributed by atoms with van der Waals surface area (Å²) in [6.45, 7) is 1.69. The summed E-state index contributed by atoms with van der Waals surface area (Å²) >= 11 is 6.12. The van der Waals surface area contributed by atoms with Gasteiger partial charge < -0.3 is 4.74 Å². The first-order valence-corrected chi connectivity index (χ1v) is 5.92. The molecule has 2 aromatic rings. The molecule has 0 unspecified atom stereocenters. The van der Waals surface area contributed by atoms with Crippen molar-refractivity contribution in [1.29, 1.82) is 0 Å². The molecule has 0 atom stereocenters. The molecule has 2 heterocycles. The number of nitrogens with zero attached hydrogens (tertiary/aromatic N) is 1. The normalized spacial score (nSPS) is 18.1. The number of fused-ring (bicyclic) bond motifs is 1. The van der Waals surface area contributed by atoms with E-state index >= 15 is 0 Å². The largest absolute Gasteiger partial charge is 0.381 e. The Labute approximate surface area is 98.7 Å². The van der Waals surface area contributed by atoms with Gasteiger partial charge in [-0.15, -0.1) is 0 Å². The van der Waals surface area contributed by atoms with Gasteiger partial charge in [0.15, 0.2) is 0 Å². The molecule has 0 saturated carbocycles. The maximum absolute atomic E-state index is 6.12. The molecule has 1 saturated heterocycles. The third kappa shape index (κ3) is 1.70. The minimum atomic E-state index is 0.549. The summed E-state index contributed by atoms with van der Waals surface area (Å²) in [5.74, 6) is 0.549. The molecular weight excluding hydrogens is 224 g/mol. The highest BCUT2D eigenvalue weighted by Gasteiger charge is 2.19. The fraction of sp³-hybridized carbons (Fsp3) is 0.417. The summed E-state index contributed by atoms with van der Waals surface area (Å²) in [4.78, 5) is 0. The molecule has 4 heteroatoms. The highest BCUT2D eigenvalue weighted by atomic mass is 35.5. The van der Waals surface area contributed by atoms with Crippen molar-refractivity contribution in [3.8, 4) is 0 Å². The van der Waals surface area contributed by atoms with Gasteiger partial charge in [0.05, 0.1) is 11.7 Å². The Balaban J connectivity index is 2.09. The number of nitrogens with one attached hydrogen (secondary N) is 1. The molecule has 0 radical (unpaired) electrons. The summed E-state index contributed by atoms with van der Waals surface area (Å²) in [6, 6.07) is 3.99. The predicted octanol–water partition coefficient (Wildman–Crippen LogP) is 3.11. The van der Waals surface area contributed by atoms with Gasteiger partial charge in [0.2, 0.25) is 0 Å². The monoisotopic (exact) mass is 236 g/mol. The van der Waals surface area contributed by atoms with Crippen molar-refractivity contribution < 1.29 is 4.74 Å². The summed E-state index contributed by atoms with van der Waals surface area (Å²) < 4.78 is 5.39. The molecule has 1 fully saturated rings. The van der Waals surface area contributed by atoms with E-state index in [1.165, 1.54) is 10.9 Å². The Morgan fingerprint density at radius 2 is 2.12 bits per heavy atom. The first-order chi connectivity index (χ1) is 7.84. The van der Waals surface area contributed by atoms with Gasteiger partial charge in [0.1, 0.15) is 0 Å². The van der Waals surface area contributed by atoms with Gasteiger partial charge in [0.25, 0.3) is 0 Å². The number of H-pyrrole nitrogens is 1. The quantitative estimate of drug-likeness (QED) is 0.826.